The summed E-state index contributed by atoms with van der Waals surface area (Å²) >= 11 is 0. The van der Waals surface area contributed by atoms with Crippen molar-refractivity contribution in [2.45, 2.75) is 44.6 Å². The molecule has 0 radical (unpaired) electrons. The Labute approximate surface area is 108 Å². The van der Waals surface area contributed by atoms with Crippen LogP contribution in [0.4, 0.5) is 0 Å². The van der Waals surface area contributed by atoms with Crippen LogP contribution in [0.2, 0.25) is 0 Å². The predicted octanol–water partition coefficient (Wildman–Crippen LogP) is 3.47. The Bertz CT molecular complexity index is 456. The molecular formula is C15H19NO2. The maximum Gasteiger partial charge on any atom is 0.162 e. The highest BCUT2D eigenvalue weighted by molar-refractivity contribution is 5.44. The molecule has 0 atom stereocenters. The van der Waals surface area contributed by atoms with E-state index in [0.717, 1.165) is 29.9 Å². The second-order valence-electron chi connectivity index (χ2n) is 5.08. The average molecular weight is 245 g/mol. The minimum absolute atomic E-state index is 0.0655. The monoisotopic (exact) mass is 245 g/mol. The lowest BCUT2D eigenvalue weighted by Gasteiger charge is -2.26. The van der Waals surface area contributed by atoms with Crippen molar-refractivity contribution in [2.24, 2.45) is 0 Å². The maximum absolute atomic E-state index is 8.70. The average Bonchev–Trinajstić information content (AvgIpc) is 2.78. The molecule has 0 heterocycles. The molecule has 1 fully saturated rings. The summed E-state index contributed by atoms with van der Waals surface area (Å²) in [7, 11) is 1.63. The van der Waals surface area contributed by atoms with Gasteiger partial charge in [0.25, 0.3) is 0 Å². The first-order chi connectivity index (χ1) is 8.67. The van der Waals surface area contributed by atoms with Crippen molar-refractivity contribution < 1.29 is 9.47 Å². The summed E-state index contributed by atoms with van der Waals surface area (Å²) in [5.74, 6) is 1.50. The fraction of sp³-hybridized carbons (Fsp3) is 0.533. The van der Waals surface area contributed by atoms with Crippen LogP contribution in [-0.4, -0.2) is 12.7 Å². The highest BCUT2D eigenvalue weighted by atomic mass is 16.5. The van der Waals surface area contributed by atoms with Gasteiger partial charge < -0.3 is 9.47 Å². The molecule has 1 aromatic carbocycles. The van der Waals surface area contributed by atoms with Crippen molar-refractivity contribution in [3.63, 3.8) is 0 Å². The molecule has 0 amide bonds. The minimum Gasteiger partial charge on any atom is -0.493 e. The van der Waals surface area contributed by atoms with Crippen LogP contribution < -0.4 is 9.47 Å². The summed E-state index contributed by atoms with van der Waals surface area (Å²) in [5.41, 5.74) is 0.891. The van der Waals surface area contributed by atoms with Crippen LogP contribution in [0.15, 0.2) is 18.2 Å². The van der Waals surface area contributed by atoms with Gasteiger partial charge >= 0.3 is 0 Å². The van der Waals surface area contributed by atoms with E-state index in [2.05, 4.69) is 13.0 Å². The lowest BCUT2D eigenvalue weighted by Crippen LogP contribution is -2.28. The quantitative estimate of drug-likeness (QED) is 0.815. The summed E-state index contributed by atoms with van der Waals surface area (Å²) in [6.07, 6.45) is 5.04. The molecule has 3 heteroatoms. The molecule has 0 unspecified atom stereocenters. The number of hydrogen-bond acceptors (Lipinski definition) is 3. The van der Waals surface area contributed by atoms with Gasteiger partial charge in [-0.2, -0.15) is 5.26 Å². The third kappa shape index (κ3) is 2.76. The van der Waals surface area contributed by atoms with Crippen LogP contribution in [0.3, 0.4) is 0 Å². The Morgan fingerprint density at radius 1 is 1.28 bits per heavy atom. The highest BCUT2D eigenvalue weighted by Gasteiger charge is 2.31. The second-order valence-corrected chi connectivity index (χ2v) is 5.08. The second kappa shape index (κ2) is 5.30. The molecule has 0 aromatic heterocycles. The number of rotatable bonds is 4. The van der Waals surface area contributed by atoms with Crippen molar-refractivity contribution in [3.05, 3.63) is 23.8 Å². The minimum atomic E-state index is -0.0655. The van der Waals surface area contributed by atoms with E-state index in [1.807, 2.05) is 18.2 Å². The van der Waals surface area contributed by atoms with E-state index in [4.69, 9.17) is 14.7 Å². The third-order valence-electron chi connectivity index (χ3n) is 3.53. The number of benzene rings is 1. The first-order valence-electron chi connectivity index (χ1n) is 6.40. The third-order valence-corrected chi connectivity index (χ3v) is 3.53. The Kier molecular flexibility index (Phi) is 3.76. The maximum atomic E-state index is 8.70. The summed E-state index contributed by atoms with van der Waals surface area (Å²) in [5, 5.41) is 8.70. The van der Waals surface area contributed by atoms with Gasteiger partial charge in [0.05, 0.1) is 19.6 Å². The highest BCUT2D eigenvalue weighted by Crippen LogP contribution is 2.38. The van der Waals surface area contributed by atoms with Gasteiger partial charge in [0.2, 0.25) is 0 Å². The van der Waals surface area contributed by atoms with Crippen molar-refractivity contribution >= 4 is 0 Å². The van der Waals surface area contributed by atoms with Crippen molar-refractivity contribution in [1.29, 1.82) is 5.26 Å². The number of hydrogen-bond donors (Lipinski definition) is 0. The first-order valence-corrected chi connectivity index (χ1v) is 6.40. The molecule has 18 heavy (non-hydrogen) atoms. The molecule has 0 bridgehead atoms. The van der Waals surface area contributed by atoms with E-state index in [1.54, 1.807) is 7.11 Å². The van der Waals surface area contributed by atoms with Gasteiger partial charge in [-0.05, 0) is 50.3 Å². The lowest BCUT2D eigenvalue weighted by molar-refractivity contribution is 0.0926. The summed E-state index contributed by atoms with van der Waals surface area (Å²) in [6, 6.07) is 7.87. The largest absolute Gasteiger partial charge is 0.493 e. The molecule has 2 rings (SSSR count). The normalized spacial score (nSPS) is 17.2. The molecule has 96 valence electrons. The smallest absolute Gasteiger partial charge is 0.162 e. The molecule has 3 nitrogen and oxygen atoms in total. The van der Waals surface area contributed by atoms with E-state index in [9.17, 15) is 0 Å². The summed E-state index contributed by atoms with van der Waals surface area (Å²) in [6.45, 7) is 2.16. The SMILES string of the molecule is COc1cc(CC#N)ccc1OC1(C)CCCC1. The van der Waals surface area contributed by atoms with E-state index in [0.29, 0.717) is 6.42 Å². The fourth-order valence-corrected chi connectivity index (χ4v) is 2.49. The molecule has 0 N–H and O–H groups in total. The van der Waals surface area contributed by atoms with Crippen LogP contribution in [0, 0.1) is 11.3 Å². The molecule has 1 aliphatic carbocycles. The van der Waals surface area contributed by atoms with Crippen LogP contribution in [0.5, 0.6) is 11.5 Å². The van der Waals surface area contributed by atoms with Gasteiger partial charge in [-0.3, -0.25) is 0 Å². The Balaban J connectivity index is 2.19. The van der Waals surface area contributed by atoms with Gasteiger partial charge in [-0.25, -0.2) is 0 Å². The topological polar surface area (TPSA) is 42.2 Å². The standard InChI is InChI=1S/C15H19NO2/c1-15(8-3-4-9-15)18-13-6-5-12(7-10-16)11-14(13)17-2/h5-6,11H,3-4,7-9H2,1-2H3. The van der Waals surface area contributed by atoms with Gasteiger partial charge in [0.15, 0.2) is 11.5 Å². The van der Waals surface area contributed by atoms with Gasteiger partial charge in [-0.15, -0.1) is 0 Å². The first kappa shape index (κ1) is 12.8. The molecule has 0 saturated heterocycles. The van der Waals surface area contributed by atoms with E-state index >= 15 is 0 Å². The molecule has 0 aliphatic heterocycles. The zero-order chi connectivity index (χ0) is 13.0. The van der Waals surface area contributed by atoms with Gasteiger partial charge in [0.1, 0.15) is 5.60 Å². The number of methoxy groups -OCH3 is 1. The zero-order valence-electron chi connectivity index (χ0n) is 11.0. The fourth-order valence-electron chi connectivity index (χ4n) is 2.49. The number of ether oxygens (including phenoxy) is 2. The molecule has 1 saturated carbocycles. The Morgan fingerprint density at radius 2 is 2.00 bits per heavy atom. The van der Waals surface area contributed by atoms with Crippen molar-refractivity contribution in [2.75, 3.05) is 7.11 Å². The molecule has 1 aliphatic rings. The lowest BCUT2D eigenvalue weighted by atomic mass is 10.1. The van der Waals surface area contributed by atoms with Gasteiger partial charge in [0, 0.05) is 0 Å². The summed E-state index contributed by atoms with van der Waals surface area (Å²) in [4.78, 5) is 0. The number of nitriles is 1. The van der Waals surface area contributed by atoms with Crippen molar-refractivity contribution in [3.8, 4) is 17.6 Å². The van der Waals surface area contributed by atoms with E-state index in [1.165, 1.54) is 12.8 Å². The van der Waals surface area contributed by atoms with Gasteiger partial charge in [-0.1, -0.05) is 6.07 Å². The van der Waals surface area contributed by atoms with Crippen molar-refractivity contribution in [1.82, 2.24) is 0 Å². The summed E-state index contributed by atoms with van der Waals surface area (Å²) < 4.78 is 11.5. The predicted molar refractivity (Wildman–Crippen MR) is 69.8 cm³/mol. The Hall–Kier alpha value is -1.69. The van der Waals surface area contributed by atoms with Crippen LogP contribution >= 0.6 is 0 Å². The Morgan fingerprint density at radius 3 is 2.61 bits per heavy atom. The van der Waals surface area contributed by atoms with E-state index in [-0.39, 0.29) is 5.60 Å². The van der Waals surface area contributed by atoms with Crippen LogP contribution in [0.25, 0.3) is 0 Å². The molecule has 0 spiro atoms. The number of nitrogens with zero attached hydrogens (tertiary/aromatic N) is 1. The van der Waals surface area contributed by atoms with Crippen LogP contribution in [0.1, 0.15) is 38.2 Å². The zero-order valence-corrected chi connectivity index (χ0v) is 11.0. The molecular weight excluding hydrogens is 226 g/mol. The molecule has 1 aromatic rings. The van der Waals surface area contributed by atoms with E-state index < -0.39 is 0 Å². The van der Waals surface area contributed by atoms with Crippen LogP contribution in [-0.2, 0) is 6.42 Å².